The lowest BCUT2D eigenvalue weighted by molar-refractivity contribution is 0.589. The largest absolute Gasteiger partial charge is 0.403 e. The smallest absolute Gasteiger partial charge is 0.313 e. The van der Waals surface area contributed by atoms with Gasteiger partial charge in [-0.1, -0.05) is 5.10 Å². The minimum atomic E-state index is 0.0678. The minimum Gasteiger partial charge on any atom is -0.403 e. The Bertz CT molecular complexity index is 424. The van der Waals surface area contributed by atoms with Crippen LogP contribution >= 0.6 is 0 Å². The number of aryl methyl sites for hydroxylation is 1. The molecule has 13 heavy (non-hydrogen) atoms. The van der Waals surface area contributed by atoms with Crippen LogP contribution in [0.1, 0.15) is 5.69 Å². The molecule has 0 saturated heterocycles. The molecule has 5 heteroatoms. The number of hydrogen-bond donors (Lipinski definition) is 1. The third-order valence-electron chi connectivity index (χ3n) is 1.68. The van der Waals surface area contributed by atoms with Crippen molar-refractivity contribution in [1.82, 2.24) is 15.2 Å². The van der Waals surface area contributed by atoms with Gasteiger partial charge >= 0.3 is 6.01 Å². The van der Waals surface area contributed by atoms with Gasteiger partial charge in [0.05, 0.1) is 5.56 Å². The zero-order chi connectivity index (χ0) is 9.26. The van der Waals surface area contributed by atoms with Crippen LogP contribution < -0.4 is 5.73 Å². The van der Waals surface area contributed by atoms with Gasteiger partial charge in [0.15, 0.2) is 0 Å². The molecule has 0 bridgehead atoms. The summed E-state index contributed by atoms with van der Waals surface area (Å²) in [6.07, 6.45) is 1.71. The average Bonchev–Trinajstić information content (AvgIpc) is 2.53. The van der Waals surface area contributed by atoms with Crippen LogP contribution in [0.25, 0.3) is 11.5 Å². The summed E-state index contributed by atoms with van der Waals surface area (Å²) < 4.78 is 5.07. The van der Waals surface area contributed by atoms with Crippen LogP contribution in [0, 0.1) is 6.92 Å². The monoisotopic (exact) mass is 176 g/mol. The minimum absolute atomic E-state index is 0.0678. The summed E-state index contributed by atoms with van der Waals surface area (Å²) in [4.78, 5) is 4.10. The standard InChI is InChI=1S/C8H8N4O/c1-5-6(3-2-4-10-5)7-11-12-8(9)13-7/h2-4H,1H3,(H2,9,12). The topological polar surface area (TPSA) is 77.8 Å². The van der Waals surface area contributed by atoms with E-state index in [9.17, 15) is 0 Å². The third-order valence-corrected chi connectivity index (χ3v) is 1.68. The zero-order valence-corrected chi connectivity index (χ0v) is 7.06. The fourth-order valence-corrected chi connectivity index (χ4v) is 1.05. The van der Waals surface area contributed by atoms with Crippen LogP contribution in [0.2, 0.25) is 0 Å². The van der Waals surface area contributed by atoms with E-state index in [-0.39, 0.29) is 6.01 Å². The van der Waals surface area contributed by atoms with Gasteiger partial charge < -0.3 is 10.2 Å². The Balaban J connectivity index is 2.52. The molecule has 0 aliphatic rings. The Labute approximate surface area is 74.6 Å². The van der Waals surface area contributed by atoms with Gasteiger partial charge in [-0.15, -0.1) is 5.10 Å². The van der Waals surface area contributed by atoms with Gasteiger partial charge in [0.25, 0.3) is 5.89 Å². The Morgan fingerprint density at radius 2 is 2.23 bits per heavy atom. The predicted octanol–water partition coefficient (Wildman–Crippen LogP) is 1.02. The van der Waals surface area contributed by atoms with E-state index in [2.05, 4.69) is 15.2 Å². The second kappa shape index (κ2) is 2.85. The molecule has 0 amide bonds. The molecule has 0 radical (unpaired) electrons. The second-order valence-electron chi connectivity index (χ2n) is 2.58. The SMILES string of the molecule is Cc1ncccc1-c1nnc(N)o1. The van der Waals surface area contributed by atoms with E-state index < -0.39 is 0 Å². The van der Waals surface area contributed by atoms with Crippen molar-refractivity contribution < 1.29 is 4.42 Å². The maximum atomic E-state index is 5.31. The van der Waals surface area contributed by atoms with Gasteiger partial charge in [0.1, 0.15) is 0 Å². The van der Waals surface area contributed by atoms with Crippen molar-refractivity contribution >= 4 is 6.01 Å². The van der Waals surface area contributed by atoms with Gasteiger partial charge in [0.2, 0.25) is 0 Å². The number of nitrogens with two attached hydrogens (primary N) is 1. The Hall–Kier alpha value is -1.91. The van der Waals surface area contributed by atoms with Crippen molar-refractivity contribution in [2.45, 2.75) is 6.92 Å². The quantitative estimate of drug-likeness (QED) is 0.701. The Morgan fingerprint density at radius 3 is 2.85 bits per heavy atom. The van der Waals surface area contributed by atoms with E-state index in [1.807, 2.05) is 19.1 Å². The highest BCUT2D eigenvalue weighted by molar-refractivity contribution is 5.55. The van der Waals surface area contributed by atoms with Crippen LogP contribution in [-0.2, 0) is 0 Å². The first-order valence-corrected chi connectivity index (χ1v) is 3.78. The summed E-state index contributed by atoms with van der Waals surface area (Å²) in [6, 6.07) is 3.73. The molecule has 5 nitrogen and oxygen atoms in total. The molecule has 0 spiro atoms. The van der Waals surface area contributed by atoms with Crippen molar-refractivity contribution in [2.75, 3.05) is 5.73 Å². The number of pyridine rings is 1. The van der Waals surface area contributed by atoms with Crippen molar-refractivity contribution in [3.63, 3.8) is 0 Å². The fourth-order valence-electron chi connectivity index (χ4n) is 1.05. The number of aromatic nitrogens is 3. The maximum absolute atomic E-state index is 5.31. The Kier molecular flexibility index (Phi) is 1.70. The van der Waals surface area contributed by atoms with Gasteiger partial charge in [-0.2, -0.15) is 0 Å². The highest BCUT2D eigenvalue weighted by Crippen LogP contribution is 2.20. The molecule has 0 unspecified atom stereocenters. The van der Waals surface area contributed by atoms with Gasteiger partial charge in [-0.25, -0.2) is 0 Å². The molecule has 0 aromatic carbocycles. The van der Waals surface area contributed by atoms with E-state index in [0.29, 0.717) is 5.89 Å². The van der Waals surface area contributed by atoms with Crippen LogP contribution in [0.15, 0.2) is 22.7 Å². The first-order valence-electron chi connectivity index (χ1n) is 3.78. The maximum Gasteiger partial charge on any atom is 0.313 e. The number of anilines is 1. The van der Waals surface area contributed by atoms with Crippen LogP contribution in [0.5, 0.6) is 0 Å². The first-order chi connectivity index (χ1) is 6.27. The van der Waals surface area contributed by atoms with E-state index in [4.69, 9.17) is 10.2 Å². The molecule has 2 N–H and O–H groups in total. The molecule has 66 valence electrons. The highest BCUT2D eigenvalue weighted by Gasteiger charge is 2.08. The Morgan fingerprint density at radius 1 is 1.38 bits per heavy atom. The van der Waals surface area contributed by atoms with Gasteiger partial charge in [-0.3, -0.25) is 4.98 Å². The predicted molar refractivity (Wildman–Crippen MR) is 46.7 cm³/mol. The lowest BCUT2D eigenvalue weighted by atomic mass is 10.2. The highest BCUT2D eigenvalue weighted by atomic mass is 16.4. The lowest BCUT2D eigenvalue weighted by Gasteiger charge is -1.96. The van der Waals surface area contributed by atoms with Crippen LogP contribution in [0.4, 0.5) is 6.01 Å². The summed E-state index contributed by atoms with van der Waals surface area (Å²) in [5, 5.41) is 7.33. The van der Waals surface area contributed by atoms with Crippen molar-refractivity contribution in [1.29, 1.82) is 0 Å². The molecule has 0 saturated carbocycles. The summed E-state index contributed by atoms with van der Waals surface area (Å²) in [5.74, 6) is 0.406. The van der Waals surface area contributed by atoms with Crippen molar-refractivity contribution in [3.8, 4) is 11.5 Å². The number of nitrogens with zero attached hydrogens (tertiary/aromatic N) is 3. The molecule has 2 aromatic heterocycles. The van der Waals surface area contributed by atoms with Crippen LogP contribution in [-0.4, -0.2) is 15.2 Å². The number of nitrogen functional groups attached to an aromatic ring is 1. The van der Waals surface area contributed by atoms with Crippen molar-refractivity contribution in [3.05, 3.63) is 24.0 Å². The normalized spacial score (nSPS) is 10.2. The first kappa shape index (κ1) is 7.72. The number of rotatable bonds is 1. The van der Waals surface area contributed by atoms with Gasteiger partial charge in [-0.05, 0) is 19.1 Å². The number of hydrogen-bond acceptors (Lipinski definition) is 5. The van der Waals surface area contributed by atoms with Crippen LogP contribution in [0.3, 0.4) is 0 Å². The molecule has 2 rings (SSSR count). The average molecular weight is 176 g/mol. The second-order valence-corrected chi connectivity index (χ2v) is 2.58. The summed E-state index contributed by atoms with van der Waals surface area (Å²) in [6.45, 7) is 1.87. The summed E-state index contributed by atoms with van der Waals surface area (Å²) in [7, 11) is 0. The van der Waals surface area contributed by atoms with E-state index in [1.54, 1.807) is 6.20 Å². The summed E-state index contributed by atoms with van der Waals surface area (Å²) in [5.41, 5.74) is 6.96. The molecular weight excluding hydrogens is 168 g/mol. The molecule has 0 fully saturated rings. The molecular formula is C8H8N4O. The molecule has 2 aromatic rings. The molecule has 0 aliphatic carbocycles. The van der Waals surface area contributed by atoms with Crippen molar-refractivity contribution in [2.24, 2.45) is 0 Å². The fraction of sp³-hybridized carbons (Fsp3) is 0.125. The third kappa shape index (κ3) is 1.35. The molecule has 2 heterocycles. The molecule has 0 aliphatic heterocycles. The van der Waals surface area contributed by atoms with E-state index in [1.165, 1.54) is 0 Å². The summed E-state index contributed by atoms with van der Waals surface area (Å²) >= 11 is 0. The van der Waals surface area contributed by atoms with Gasteiger partial charge in [0, 0.05) is 11.9 Å². The molecule has 0 atom stereocenters. The van der Waals surface area contributed by atoms with E-state index in [0.717, 1.165) is 11.3 Å². The van der Waals surface area contributed by atoms with E-state index >= 15 is 0 Å². The zero-order valence-electron chi connectivity index (χ0n) is 7.06. The lowest BCUT2D eigenvalue weighted by Crippen LogP contribution is -1.86.